The minimum Gasteiger partial charge on any atom is -0.381 e. The van der Waals surface area contributed by atoms with Crippen LogP contribution in [0.5, 0.6) is 0 Å². The number of hydrogen-bond donors (Lipinski definition) is 2. The van der Waals surface area contributed by atoms with Crippen molar-refractivity contribution in [3.8, 4) is 0 Å². The number of carbonyl (C=O) groups excluding carboxylic acids is 1. The van der Waals surface area contributed by atoms with Crippen LogP contribution in [0.4, 0.5) is 0 Å². The lowest BCUT2D eigenvalue weighted by atomic mass is 10.0. The molecule has 94 valence electrons. The van der Waals surface area contributed by atoms with E-state index in [9.17, 15) is 4.79 Å². The largest absolute Gasteiger partial charge is 0.381 e. The second kappa shape index (κ2) is 6.86. The van der Waals surface area contributed by atoms with Gasteiger partial charge in [-0.05, 0) is 24.7 Å². The zero-order valence-corrected chi connectivity index (χ0v) is 10.4. The maximum atomic E-state index is 11.6. The minimum atomic E-state index is -0.0393. The van der Waals surface area contributed by atoms with Gasteiger partial charge in [-0.25, -0.2) is 0 Å². The normalized spacial score (nSPS) is 23.1. The molecular weight excluding hydrogens is 204 g/mol. The SMILES string of the molecule is CC(C)C(N)CC(=O)NCC1CCCOC1. The third-order valence-electron chi connectivity index (χ3n) is 3.12. The molecular formula is C12H24N2O2. The highest BCUT2D eigenvalue weighted by Crippen LogP contribution is 2.12. The molecule has 1 fully saturated rings. The van der Waals surface area contributed by atoms with E-state index in [-0.39, 0.29) is 11.9 Å². The second-order valence-corrected chi connectivity index (χ2v) is 5.00. The number of rotatable bonds is 5. The van der Waals surface area contributed by atoms with E-state index in [2.05, 4.69) is 5.32 Å². The Bertz CT molecular complexity index is 213. The van der Waals surface area contributed by atoms with E-state index in [1.54, 1.807) is 0 Å². The summed E-state index contributed by atoms with van der Waals surface area (Å²) in [6.07, 6.45) is 2.67. The molecule has 1 aliphatic rings. The molecule has 2 atom stereocenters. The van der Waals surface area contributed by atoms with Gasteiger partial charge in [0.2, 0.25) is 5.91 Å². The first-order valence-electron chi connectivity index (χ1n) is 6.19. The zero-order chi connectivity index (χ0) is 12.0. The molecule has 0 aromatic carbocycles. The summed E-state index contributed by atoms with van der Waals surface area (Å²) >= 11 is 0. The maximum Gasteiger partial charge on any atom is 0.221 e. The van der Waals surface area contributed by atoms with Crippen molar-refractivity contribution in [2.75, 3.05) is 19.8 Å². The Morgan fingerprint density at radius 3 is 2.88 bits per heavy atom. The van der Waals surface area contributed by atoms with Crippen LogP contribution in [0.25, 0.3) is 0 Å². The summed E-state index contributed by atoms with van der Waals surface area (Å²) in [6, 6.07) is -0.0393. The van der Waals surface area contributed by atoms with E-state index in [0.29, 0.717) is 18.3 Å². The summed E-state index contributed by atoms with van der Waals surface area (Å²) < 4.78 is 5.36. The van der Waals surface area contributed by atoms with Crippen LogP contribution >= 0.6 is 0 Å². The highest BCUT2D eigenvalue weighted by molar-refractivity contribution is 5.76. The van der Waals surface area contributed by atoms with Gasteiger partial charge in [-0.15, -0.1) is 0 Å². The fourth-order valence-electron chi connectivity index (χ4n) is 1.75. The zero-order valence-electron chi connectivity index (χ0n) is 10.4. The summed E-state index contributed by atoms with van der Waals surface area (Å²) in [4.78, 5) is 11.6. The van der Waals surface area contributed by atoms with E-state index in [4.69, 9.17) is 10.5 Å². The van der Waals surface area contributed by atoms with Crippen LogP contribution in [0.2, 0.25) is 0 Å². The summed E-state index contributed by atoms with van der Waals surface area (Å²) in [5, 5.41) is 2.94. The molecule has 1 aliphatic heterocycles. The van der Waals surface area contributed by atoms with Crippen LogP contribution < -0.4 is 11.1 Å². The lowest BCUT2D eigenvalue weighted by Crippen LogP contribution is -2.38. The number of nitrogens with two attached hydrogens (primary N) is 1. The van der Waals surface area contributed by atoms with E-state index in [1.807, 2.05) is 13.8 Å². The quantitative estimate of drug-likeness (QED) is 0.735. The molecule has 1 amide bonds. The van der Waals surface area contributed by atoms with Gasteiger partial charge in [0.05, 0.1) is 6.61 Å². The van der Waals surface area contributed by atoms with Crippen molar-refractivity contribution in [2.24, 2.45) is 17.6 Å². The number of nitrogens with one attached hydrogen (secondary N) is 1. The summed E-state index contributed by atoms with van der Waals surface area (Å²) in [7, 11) is 0. The van der Waals surface area contributed by atoms with Crippen molar-refractivity contribution < 1.29 is 9.53 Å². The standard InChI is InChI=1S/C12H24N2O2/c1-9(2)11(13)6-12(15)14-7-10-4-3-5-16-8-10/h9-11H,3-8,13H2,1-2H3,(H,14,15). The van der Waals surface area contributed by atoms with E-state index < -0.39 is 0 Å². The van der Waals surface area contributed by atoms with E-state index in [0.717, 1.165) is 32.6 Å². The van der Waals surface area contributed by atoms with Crippen molar-refractivity contribution in [3.05, 3.63) is 0 Å². The molecule has 0 saturated carbocycles. The summed E-state index contributed by atoms with van der Waals surface area (Å²) in [6.45, 7) is 6.43. The van der Waals surface area contributed by atoms with Crippen LogP contribution in [-0.2, 0) is 9.53 Å². The number of amides is 1. The molecule has 4 nitrogen and oxygen atoms in total. The smallest absolute Gasteiger partial charge is 0.221 e. The molecule has 4 heteroatoms. The van der Waals surface area contributed by atoms with Crippen LogP contribution in [0.1, 0.15) is 33.1 Å². The Morgan fingerprint density at radius 1 is 1.56 bits per heavy atom. The van der Waals surface area contributed by atoms with Crippen molar-refractivity contribution >= 4 is 5.91 Å². The van der Waals surface area contributed by atoms with Gasteiger partial charge >= 0.3 is 0 Å². The molecule has 3 N–H and O–H groups in total. The van der Waals surface area contributed by atoms with Gasteiger partial charge in [0.1, 0.15) is 0 Å². The Balaban J connectivity index is 2.14. The monoisotopic (exact) mass is 228 g/mol. The van der Waals surface area contributed by atoms with Gasteiger partial charge in [0.25, 0.3) is 0 Å². The Kier molecular flexibility index (Phi) is 5.77. The molecule has 2 unspecified atom stereocenters. The molecule has 1 saturated heterocycles. The predicted molar refractivity (Wildman–Crippen MR) is 64.0 cm³/mol. The molecule has 1 heterocycles. The average Bonchev–Trinajstić information content (AvgIpc) is 2.27. The van der Waals surface area contributed by atoms with Crippen LogP contribution in [-0.4, -0.2) is 31.7 Å². The molecule has 0 radical (unpaired) electrons. The first-order chi connectivity index (χ1) is 7.59. The molecule has 0 aromatic heterocycles. The fraction of sp³-hybridized carbons (Fsp3) is 0.917. The van der Waals surface area contributed by atoms with Gasteiger partial charge in [-0.1, -0.05) is 13.8 Å². The molecule has 16 heavy (non-hydrogen) atoms. The number of carbonyl (C=O) groups is 1. The highest BCUT2D eigenvalue weighted by atomic mass is 16.5. The lowest BCUT2D eigenvalue weighted by molar-refractivity contribution is -0.122. The van der Waals surface area contributed by atoms with Crippen molar-refractivity contribution in [3.63, 3.8) is 0 Å². The Labute approximate surface area is 97.9 Å². The van der Waals surface area contributed by atoms with Gasteiger partial charge in [0.15, 0.2) is 0 Å². The van der Waals surface area contributed by atoms with Crippen molar-refractivity contribution in [2.45, 2.75) is 39.2 Å². The van der Waals surface area contributed by atoms with E-state index in [1.165, 1.54) is 0 Å². The van der Waals surface area contributed by atoms with Crippen LogP contribution in [0.3, 0.4) is 0 Å². The molecule has 0 spiro atoms. The molecule has 0 bridgehead atoms. The van der Waals surface area contributed by atoms with E-state index >= 15 is 0 Å². The van der Waals surface area contributed by atoms with Gasteiger partial charge in [0, 0.05) is 25.6 Å². The topological polar surface area (TPSA) is 64.4 Å². The van der Waals surface area contributed by atoms with Crippen molar-refractivity contribution in [1.29, 1.82) is 0 Å². The maximum absolute atomic E-state index is 11.6. The van der Waals surface area contributed by atoms with Gasteiger partial charge < -0.3 is 15.8 Å². The molecule has 1 rings (SSSR count). The van der Waals surface area contributed by atoms with Crippen LogP contribution in [0.15, 0.2) is 0 Å². The highest BCUT2D eigenvalue weighted by Gasteiger charge is 2.16. The van der Waals surface area contributed by atoms with Gasteiger partial charge in [-0.3, -0.25) is 4.79 Å². The third kappa shape index (κ3) is 4.94. The fourth-order valence-corrected chi connectivity index (χ4v) is 1.75. The summed E-state index contributed by atoms with van der Waals surface area (Å²) in [5.74, 6) is 0.892. The first kappa shape index (κ1) is 13.5. The number of hydrogen-bond acceptors (Lipinski definition) is 3. The average molecular weight is 228 g/mol. The Hall–Kier alpha value is -0.610. The number of ether oxygens (including phenoxy) is 1. The molecule has 0 aliphatic carbocycles. The third-order valence-corrected chi connectivity index (χ3v) is 3.12. The minimum absolute atomic E-state index is 0.0393. The summed E-state index contributed by atoms with van der Waals surface area (Å²) in [5.41, 5.74) is 5.84. The molecule has 0 aromatic rings. The second-order valence-electron chi connectivity index (χ2n) is 5.00. The van der Waals surface area contributed by atoms with Gasteiger partial charge in [-0.2, -0.15) is 0 Å². The first-order valence-corrected chi connectivity index (χ1v) is 6.19. The van der Waals surface area contributed by atoms with Crippen LogP contribution in [0, 0.1) is 11.8 Å². The van der Waals surface area contributed by atoms with Crippen molar-refractivity contribution in [1.82, 2.24) is 5.32 Å². The Morgan fingerprint density at radius 2 is 2.31 bits per heavy atom. The predicted octanol–water partition coefficient (Wildman–Crippen LogP) is 0.903. The lowest BCUT2D eigenvalue weighted by Gasteiger charge is -2.22.